The quantitative estimate of drug-likeness (QED) is 0.482. The number of benzene rings is 1. The van der Waals surface area contributed by atoms with Gasteiger partial charge in [0.2, 0.25) is 0 Å². The summed E-state index contributed by atoms with van der Waals surface area (Å²) in [6.45, 7) is 4.33. The van der Waals surface area contributed by atoms with Crippen molar-refractivity contribution < 1.29 is 9.13 Å². The number of aromatic nitrogens is 1. The first-order chi connectivity index (χ1) is 11.7. The molecule has 0 spiro atoms. The monoisotopic (exact) mass is 330 g/mol. The van der Waals surface area contributed by atoms with Gasteiger partial charge < -0.3 is 15.0 Å². The molecule has 0 radical (unpaired) electrons. The van der Waals surface area contributed by atoms with E-state index in [-0.39, 0.29) is 5.82 Å². The second kappa shape index (κ2) is 9.50. The highest BCUT2D eigenvalue weighted by molar-refractivity contribution is 5.79. The summed E-state index contributed by atoms with van der Waals surface area (Å²) in [5.74, 6) is 1.26. The van der Waals surface area contributed by atoms with E-state index in [0.717, 1.165) is 23.8 Å². The molecule has 128 valence electrons. The van der Waals surface area contributed by atoms with Crippen LogP contribution in [0.3, 0.4) is 0 Å². The van der Waals surface area contributed by atoms with Crippen molar-refractivity contribution in [2.75, 3.05) is 26.7 Å². The fourth-order valence-electron chi connectivity index (χ4n) is 2.20. The molecule has 6 heteroatoms. The van der Waals surface area contributed by atoms with Gasteiger partial charge in [-0.15, -0.1) is 0 Å². The topological polar surface area (TPSA) is 49.8 Å². The maximum atomic E-state index is 13.3. The van der Waals surface area contributed by atoms with E-state index in [1.807, 2.05) is 37.1 Å². The molecule has 0 saturated heterocycles. The van der Waals surface area contributed by atoms with Gasteiger partial charge in [0.15, 0.2) is 5.96 Å². The van der Waals surface area contributed by atoms with Crippen LogP contribution in [0.15, 0.2) is 53.8 Å². The first-order valence-corrected chi connectivity index (χ1v) is 7.95. The standard InChI is InChI=1S/C18H23FN4O/c1-3-21-18(22-10-11-24-17-8-5-9-20-13-17)23(2)14-15-6-4-7-16(19)12-15/h4-9,12-13H,3,10-11,14H2,1-2H3,(H,21,22). The number of aliphatic imine (C=N–C) groups is 1. The summed E-state index contributed by atoms with van der Waals surface area (Å²) in [7, 11) is 1.92. The molecule has 0 aliphatic heterocycles. The molecule has 0 saturated carbocycles. The SMILES string of the molecule is CCNC(=NCCOc1cccnc1)N(C)Cc1cccc(F)c1. The van der Waals surface area contributed by atoms with Crippen molar-refractivity contribution >= 4 is 5.96 Å². The van der Waals surface area contributed by atoms with Gasteiger partial charge in [-0.1, -0.05) is 12.1 Å². The molecule has 0 aliphatic rings. The van der Waals surface area contributed by atoms with Crippen LogP contribution in [-0.2, 0) is 6.54 Å². The summed E-state index contributed by atoms with van der Waals surface area (Å²) in [5.41, 5.74) is 0.898. The van der Waals surface area contributed by atoms with Gasteiger partial charge in [0.05, 0.1) is 12.7 Å². The van der Waals surface area contributed by atoms with Crippen LogP contribution >= 0.6 is 0 Å². The van der Waals surface area contributed by atoms with E-state index in [1.54, 1.807) is 18.5 Å². The van der Waals surface area contributed by atoms with Gasteiger partial charge in [-0.25, -0.2) is 9.38 Å². The smallest absolute Gasteiger partial charge is 0.194 e. The molecule has 1 aromatic carbocycles. The zero-order chi connectivity index (χ0) is 17.2. The molecule has 0 aliphatic carbocycles. The molecule has 0 amide bonds. The summed E-state index contributed by atoms with van der Waals surface area (Å²) >= 11 is 0. The predicted molar refractivity (Wildman–Crippen MR) is 93.6 cm³/mol. The Labute approximate surface area is 142 Å². The molecule has 2 aromatic rings. The molecule has 1 aromatic heterocycles. The molecular formula is C18H23FN4O. The van der Waals surface area contributed by atoms with E-state index in [1.165, 1.54) is 12.1 Å². The van der Waals surface area contributed by atoms with E-state index < -0.39 is 0 Å². The van der Waals surface area contributed by atoms with Crippen LogP contribution in [-0.4, -0.2) is 42.6 Å². The Balaban J connectivity index is 1.89. The molecule has 0 unspecified atom stereocenters. The Morgan fingerprint density at radius 3 is 2.92 bits per heavy atom. The highest BCUT2D eigenvalue weighted by Crippen LogP contribution is 2.07. The minimum atomic E-state index is -0.229. The third-order valence-corrected chi connectivity index (χ3v) is 3.26. The van der Waals surface area contributed by atoms with Crippen molar-refractivity contribution in [1.29, 1.82) is 0 Å². The van der Waals surface area contributed by atoms with Gasteiger partial charge >= 0.3 is 0 Å². The van der Waals surface area contributed by atoms with E-state index in [4.69, 9.17) is 4.74 Å². The van der Waals surface area contributed by atoms with E-state index in [0.29, 0.717) is 19.7 Å². The number of nitrogens with zero attached hydrogens (tertiary/aromatic N) is 3. The van der Waals surface area contributed by atoms with Crippen molar-refractivity contribution in [2.45, 2.75) is 13.5 Å². The maximum absolute atomic E-state index is 13.3. The minimum absolute atomic E-state index is 0.229. The summed E-state index contributed by atoms with van der Waals surface area (Å²) in [6, 6.07) is 10.3. The highest BCUT2D eigenvalue weighted by Gasteiger charge is 2.07. The Morgan fingerprint density at radius 2 is 2.21 bits per heavy atom. The molecule has 24 heavy (non-hydrogen) atoms. The molecule has 1 heterocycles. The maximum Gasteiger partial charge on any atom is 0.194 e. The third-order valence-electron chi connectivity index (χ3n) is 3.26. The Morgan fingerprint density at radius 1 is 1.33 bits per heavy atom. The normalized spacial score (nSPS) is 11.2. The Kier molecular flexibility index (Phi) is 7.01. The zero-order valence-corrected chi connectivity index (χ0v) is 14.1. The van der Waals surface area contributed by atoms with Gasteiger partial charge in [-0.2, -0.15) is 0 Å². The van der Waals surface area contributed by atoms with Crippen LogP contribution in [0.2, 0.25) is 0 Å². The molecular weight excluding hydrogens is 307 g/mol. The van der Waals surface area contributed by atoms with Crippen LogP contribution in [0.1, 0.15) is 12.5 Å². The summed E-state index contributed by atoms with van der Waals surface area (Å²) in [5, 5.41) is 3.23. The minimum Gasteiger partial charge on any atom is -0.490 e. The van der Waals surface area contributed by atoms with E-state index in [2.05, 4.69) is 15.3 Å². The van der Waals surface area contributed by atoms with Gasteiger partial charge in [0.25, 0.3) is 0 Å². The molecule has 1 N–H and O–H groups in total. The Bertz CT molecular complexity index is 648. The number of rotatable bonds is 7. The third kappa shape index (κ3) is 5.87. The number of guanidine groups is 1. The molecule has 0 bridgehead atoms. The van der Waals surface area contributed by atoms with Crippen molar-refractivity contribution in [2.24, 2.45) is 4.99 Å². The number of nitrogens with one attached hydrogen (secondary N) is 1. The fourth-order valence-corrected chi connectivity index (χ4v) is 2.20. The number of ether oxygens (including phenoxy) is 1. The lowest BCUT2D eigenvalue weighted by molar-refractivity contribution is 0.326. The molecule has 0 atom stereocenters. The number of pyridine rings is 1. The Hall–Kier alpha value is -2.63. The number of halogens is 1. The van der Waals surface area contributed by atoms with Gasteiger partial charge in [-0.3, -0.25) is 4.98 Å². The fraction of sp³-hybridized carbons (Fsp3) is 0.333. The molecule has 5 nitrogen and oxygen atoms in total. The first-order valence-electron chi connectivity index (χ1n) is 7.95. The zero-order valence-electron chi connectivity index (χ0n) is 14.1. The highest BCUT2D eigenvalue weighted by atomic mass is 19.1. The summed E-state index contributed by atoms with van der Waals surface area (Å²) in [4.78, 5) is 10.5. The number of hydrogen-bond donors (Lipinski definition) is 1. The largest absolute Gasteiger partial charge is 0.490 e. The first kappa shape index (κ1) is 17.7. The van der Waals surface area contributed by atoms with Crippen LogP contribution in [0, 0.1) is 5.82 Å². The van der Waals surface area contributed by atoms with E-state index >= 15 is 0 Å². The van der Waals surface area contributed by atoms with Gasteiger partial charge in [-0.05, 0) is 36.8 Å². The molecule has 0 fully saturated rings. The second-order valence-corrected chi connectivity index (χ2v) is 5.26. The summed E-state index contributed by atoms with van der Waals surface area (Å²) < 4.78 is 18.9. The lowest BCUT2D eigenvalue weighted by Crippen LogP contribution is -2.38. The van der Waals surface area contributed by atoms with Crippen molar-refractivity contribution in [1.82, 2.24) is 15.2 Å². The van der Waals surface area contributed by atoms with Crippen LogP contribution in [0.5, 0.6) is 5.75 Å². The van der Waals surface area contributed by atoms with Crippen LogP contribution in [0.4, 0.5) is 4.39 Å². The van der Waals surface area contributed by atoms with Crippen molar-refractivity contribution in [3.05, 3.63) is 60.2 Å². The van der Waals surface area contributed by atoms with Crippen molar-refractivity contribution in [3.63, 3.8) is 0 Å². The average Bonchev–Trinajstić information content (AvgIpc) is 2.58. The van der Waals surface area contributed by atoms with Crippen LogP contribution in [0.25, 0.3) is 0 Å². The average molecular weight is 330 g/mol. The van der Waals surface area contributed by atoms with E-state index in [9.17, 15) is 4.39 Å². The second-order valence-electron chi connectivity index (χ2n) is 5.26. The van der Waals surface area contributed by atoms with Crippen molar-refractivity contribution in [3.8, 4) is 5.75 Å². The van der Waals surface area contributed by atoms with Gasteiger partial charge in [0.1, 0.15) is 18.2 Å². The lowest BCUT2D eigenvalue weighted by atomic mass is 10.2. The van der Waals surface area contributed by atoms with Gasteiger partial charge in [0, 0.05) is 26.3 Å². The molecule has 2 rings (SSSR count). The summed E-state index contributed by atoms with van der Waals surface area (Å²) in [6.07, 6.45) is 3.38. The lowest BCUT2D eigenvalue weighted by Gasteiger charge is -2.22. The predicted octanol–water partition coefficient (Wildman–Crippen LogP) is 2.70. The number of hydrogen-bond acceptors (Lipinski definition) is 3. The van der Waals surface area contributed by atoms with Crippen LogP contribution < -0.4 is 10.1 Å².